The maximum atomic E-state index is 5.60. The van der Waals surface area contributed by atoms with Gasteiger partial charge in [0, 0.05) is 53.0 Å². The maximum absolute atomic E-state index is 5.60. The van der Waals surface area contributed by atoms with Gasteiger partial charge in [-0.3, -0.25) is 9.67 Å². The zero-order valence-electron chi connectivity index (χ0n) is 16.4. The Labute approximate surface area is 161 Å². The summed E-state index contributed by atoms with van der Waals surface area (Å²) < 4.78 is 12.5. The fourth-order valence-corrected chi connectivity index (χ4v) is 3.34. The molecule has 7 nitrogen and oxygen atoms in total. The number of hydrogen-bond donors (Lipinski definition) is 1. The number of likely N-dealkylation sites (tertiary alicyclic amines) is 1. The van der Waals surface area contributed by atoms with E-state index >= 15 is 0 Å². The molecule has 0 saturated carbocycles. The highest BCUT2D eigenvalue weighted by molar-refractivity contribution is 5.80. The van der Waals surface area contributed by atoms with Crippen molar-refractivity contribution in [3.8, 4) is 5.75 Å². The van der Waals surface area contributed by atoms with Crippen LogP contribution in [0.4, 0.5) is 0 Å². The third-order valence-electron chi connectivity index (χ3n) is 4.83. The largest absolute Gasteiger partial charge is 0.491 e. The van der Waals surface area contributed by atoms with Crippen molar-refractivity contribution in [2.75, 3.05) is 40.5 Å². The van der Waals surface area contributed by atoms with Crippen LogP contribution in [0.3, 0.4) is 0 Å². The molecular weight excluding hydrogens is 342 g/mol. The summed E-state index contributed by atoms with van der Waals surface area (Å²) in [5.41, 5.74) is 2.50. The Hall–Kier alpha value is -2.54. The molecule has 1 aromatic heterocycles. The van der Waals surface area contributed by atoms with Crippen molar-refractivity contribution in [1.82, 2.24) is 20.0 Å². The molecule has 1 saturated heterocycles. The van der Waals surface area contributed by atoms with Gasteiger partial charge < -0.3 is 19.7 Å². The Bertz CT molecular complexity index is 741. The summed E-state index contributed by atoms with van der Waals surface area (Å²) in [6.45, 7) is 3.87. The zero-order valence-corrected chi connectivity index (χ0v) is 16.4. The van der Waals surface area contributed by atoms with Crippen molar-refractivity contribution in [3.63, 3.8) is 0 Å². The first-order valence-electron chi connectivity index (χ1n) is 9.34. The molecule has 1 atom stereocenters. The standard InChI is InChI=1S/C20H29N5O2/c1-21-20(25-9-8-17(15-25)18-13-23-24(2)14-18)22-12-16-4-6-19(7-5-16)27-11-10-26-3/h4-7,13-14,17H,8-12,15H2,1-3H3,(H,21,22). The smallest absolute Gasteiger partial charge is 0.193 e. The molecule has 3 rings (SSSR count). The molecule has 1 fully saturated rings. The van der Waals surface area contributed by atoms with Crippen LogP contribution in [-0.4, -0.2) is 61.1 Å². The van der Waals surface area contributed by atoms with Gasteiger partial charge in [-0.2, -0.15) is 5.10 Å². The molecule has 1 N–H and O–H groups in total. The third kappa shape index (κ3) is 5.23. The van der Waals surface area contributed by atoms with E-state index in [0.717, 1.165) is 37.8 Å². The molecule has 2 aromatic rings. The van der Waals surface area contributed by atoms with Gasteiger partial charge in [0.25, 0.3) is 0 Å². The van der Waals surface area contributed by atoms with Crippen molar-refractivity contribution in [2.24, 2.45) is 12.0 Å². The van der Waals surface area contributed by atoms with Crippen LogP contribution in [0.15, 0.2) is 41.7 Å². The molecule has 0 bridgehead atoms. The summed E-state index contributed by atoms with van der Waals surface area (Å²) in [4.78, 5) is 6.78. The number of methoxy groups -OCH3 is 1. The van der Waals surface area contributed by atoms with Crippen molar-refractivity contribution >= 4 is 5.96 Å². The number of nitrogens with one attached hydrogen (secondary N) is 1. The van der Waals surface area contributed by atoms with Gasteiger partial charge in [0.15, 0.2) is 5.96 Å². The Kier molecular flexibility index (Phi) is 6.70. The number of hydrogen-bond acceptors (Lipinski definition) is 4. The van der Waals surface area contributed by atoms with Gasteiger partial charge in [-0.15, -0.1) is 0 Å². The first-order chi connectivity index (χ1) is 13.2. The zero-order chi connectivity index (χ0) is 19.1. The molecule has 1 aliphatic heterocycles. The van der Waals surface area contributed by atoms with E-state index in [1.165, 1.54) is 11.1 Å². The van der Waals surface area contributed by atoms with Crippen molar-refractivity contribution in [2.45, 2.75) is 18.9 Å². The lowest BCUT2D eigenvalue weighted by Crippen LogP contribution is -2.39. The van der Waals surface area contributed by atoms with Crippen LogP contribution >= 0.6 is 0 Å². The van der Waals surface area contributed by atoms with Crippen molar-refractivity contribution in [1.29, 1.82) is 0 Å². The Morgan fingerprint density at radius 3 is 2.78 bits per heavy atom. The highest BCUT2D eigenvalue weighted by Gasteiger charge is 2.26. The molecule has 0 spiro atoms. The minimum Gasteiger partial charge on any atom is -0.491 e. The highest BCUT2D eigenvalue weighted by atomic mass is 16.5. The van der Waals surface area contributed by atoms with Crippen LogP contribution in [-0.2, 0) is 18.3 Å². The summed E-state index contributed by atoms with van der Waals surface area (Å²) in [6, 6.07) is 8.13. The summed E-state index contributed by atoms with van der Waals surface area (Å²) in [5.74, 6) is 2.32. The first kappa shape index (κ1) is 19.2. The lowest BCUT2D eigenvalue weighted by molar-refractivity contribution is 0.146. The van der Waals surface area contributed by atoms with E-state index in [2.05, 4.69) is 38.6 Å². The summed E-state index contributed by atoms with van der Waals surface area (Å²) in [5, 5.41) is 7.76. The van der Waals surface area contributed by atoms with Gasteiger partial charge in [-0.05, 0) is 29.7 Å². The van der Waals surface area contributed by atoms with Gasteiger partial charge in [0.1, 0.15) is 12.4 Å². The van der Waals surface area contributed by atoms with E-state index in [4.69, 9.17) is 9.47 Å². The van der Waals surface area contributed by atoms with Gasteiger partial charge in [0.2, 0.25) is 0 Å². The molecule has 146 valence electrons. The number of aliphatic imine (C=N–C) groups is 1. The fourth-order valence-electron chi connectivity index (χ4n) is 3.34. The van der Waals surface area contributed by atoms with Gasteiger partial charge in [-0.1, -0.05) is 12.1 Å². The number of guanidine groups is 1. The lowest BCUT2D eigenvalue weighted by atomic mass is 10.0. The van der Waals surface area contributed by atoms with Gasteiger partial charge in [0.05, 0.1) is 12.8 Å². The molecule has 1 aromatic carbocycles. The predicted octanol–water partition coefficient (Wildman–Crippen LogP) is 2.01. The molecular formula is C20H29N5O2. The van der Waals surface area contributed by atoms with Crippen LogP contribution in [0.2, 0.25) is 0 Å². The summed E-state index contributed by atoms with van der Waals surface area (Å²) in [6.07, 6.45) is 5.21. The van der Waals surface area contributed by atoms with Crippen molar-refractivity contribution < 1.29 is 9.47 Å². The minimum absolute atomic E-state index is 0.515. The second-order valence-corrected chi connectivity index (χ2v) is 6.76. The molecule has 2 heterocycles. The third-order valence-corrected chi connectivity index (χ3v) is 4.83. The van der Waals surface area contributed by atoms with E-state index in [-0.39, 0.29) is 0 Å². The van der Waals surface area contributed by atoms with Crippen LogP contribution < -0.4 is 10.1 Å². The number of rotatable bonds is 7. The maximum Gasteiger partial charge on any atom is 0.193 e. The van der Waals surface area contributed by atoms with Crippen LogP contribution in [0.1, 0.15) is 23.5 Å². The summed E-state index contributed by atoms with van der Waals surface area (Å²) >= 11 is 0. The average Bonchev–Trinajstić information content (AvgIpc) is 3.33. The van der Waals surface area contributed by atoms with E-state index < -0.39 is 0 Å². The Morgan fingerprint density at radius 1 is 1.30 bits per heavy atom. The predicted molar refractivity (Wildman–Crippen MR) is 106 cm³/mol. The van der Waals surface area contributed by atoms with E-state index in [0.29, 0.717) is 19.1 Å². The highest BCUT2D eigenvalue weighted by Crippen LogP contribution is 2.26. The lowest BCUT2D eigenvalue weighted by Gasteiger charge is -2.21. The quantitative estimate of drug-likeness (QED) is 0.458. The fraction of sp³-hybridized carbons (Fsp3) is 0.500. The topological polar surface area (TPSA) is 63.9 Å². The number of aryl methyl sites for hydroxylation is 1. The molecule has 1 unspecified atom stereocenters. The molecule has 7 heteroatoms. The molecule has 0 aliphatic carbocycles. The summed E-state index contributed by atoms with van der Waals surface area (Å²) in [7, 11) is 5.47. The minimum atomic E-state index is 0.515. The number of benzene rings is 1. The Morgan fingerprint density at radius 2 is 2.11 bits per heavy atom. The van der Waals surface area contributed by atoms with E-state index in [1.807, 2.05) is 37.1 Å². The van der Waals surface area contributed by atoms with Crippen LogP contribution in [0.25, 0.3) is 0 Å². The van der Waals surface area contributed by atoms with Gasteiger partial charge >= 0.3 is 0 Å². The molecule has 1 aliphatic rings. The van der Waals surface area contributed by atoms with Crippen LogP contribution in [0.5, 0.6) is 5.75 Å². The molecule has 0 radical (unpaired) electrons. The molecule has 0 amide bonds. The Balaban J connectivity index is 1.49. The number of nitrogens with zero attached hydrogens (tertiary/aromatic N) is 4. The second kappa shape index (κ2) is 9.41. The average molecular weight is 371 g/mol. The van der Waals surface area contributed by atoms with Crippen LogP contribution in [0, 0.1) is 0 Å². The SMILES string of the molecule is CN=C(NCc1ccc(OCCOC)cc1)N1CCC(c2cnn(C)c2)C1. The van der Waals surface area contributed by atoms with Gasteiger partial charge in [-0.25, -0.2) is 0 Å². The van der Waals surface area contributed by atoms with E-state index in [1.54, 1.807) is 7.11 Å². The molecule has 27 heavy (non-hydrogen) atoms. The monoisotopic (exact) mass is 371 g/mol. The normalized spacial score (nSPS) is 17.4. The second-order valence-electron chi connectivity index (χ2n) is 6.76. The number of aromatic nitrogens is 2. The van der Waals surface area contributed by atoms with Crippen molar-refractivity contribution in [3.05, 3.63) is 47.8 Å². The van der Waals surface area contributed by atoms with E-state index in [9.17, 15) is 0 Å². The first-order valence-corrected chi connectivity index (χ1v) is 9.34. The number of ether oxygens (including phenoxy) is 2.